The van der Waals surface area contributed by atoms with E-state index >= 15 is 0 Å². The van der Waals surface area contributed by atoms with Gasteiger partial charge in [0.05, 0.1) is 12.8 Å². The molecular weight excluding hydrogens is 188 g/mol. The number of hydrogen-bond acceptors (Lipinski definition) is 3. The second-order valence-corrected chi connectivity index (χ2v) is 3.80. The van der Waals surface area contributed by atoms with E-state index in [4.69, 9.17) is 10.5 Å². The van der Waals surface area contributed by atoms with Crippen molar-refractivity contribution in [1.82, 2.24) is 4.98 Å². The molecule has 2 atom stereocenters. The van der Waals surface area contributed by atoms with E-state index < -0.39 is 0 Å². The van der Waals surface area contributed by atoms with E-state index in [9.17, 15) is 0 Å². The summed E-state index contributed by atoms with van der Waals surface area (Å²) in [6, 6.07) is 2.02. The Labute approximate surface area is 91.7 Å². The predicted octanol–water partition coefficient (Wildman–Crippen LogP) is 2.53. The summed E-state index contributed by atoms with van der Waals surface area (Å²) in [5.41, 5.74) is 7.17. The Bertz CT molecular complexity index is 301. The molecule has 0 aliphatic carbocycles. The largest absolute Gasteiger partial charge is 0.492 e. The lowest BCUT2D eigenvalue weighted by atomic mass is 9.94. The molecular formula is C12H20N2O. The third-order valence-electron chi connectivity index (χ3n) is 2.69. The minimum absolute atomic E-state index is 0.0444. The molecule has 0 aliphatic heterocycles. The Morgan fingerprint density at radius 2 is 2.13 bits per heavy atom. The molecule has 2 unspecified atom stereocenters. The van der Waals surface area contributed by atoms with Gasteiger partial charge >= 0.3 is 0 Å². The molecule has 1 heterocycles. The Morgan fingerprint density at radius 1 is 1.40 bits per heavy atom. The summed E-state index contributed by atoms with van der Waals surface area (Å²) in [7, 11) is 0. The Kier molecular flexibility index (Phi) is 4.56. The standard InChI is InChI=1S/C12H20N2O/c1-4-9(3)12(13)10-6-11(15-5-2)8-14-7-10/h6-9,12H,4-5,13H2,1-3H3. The zero-order valence-electron chi connectivity index (χ0n) is 9.73. The molecule has 84 valence electrons. The summed E-state index contributed by atoms with van der Waals surface area (Å²) in [5, 5.41) is 0. The Hall–Kier alpha value is -1.09. The van der Waals surface area contributed by atoms with Gasteiger partial charge in [-0.05, 0) is 24.5 Å². The lowest BCUT2D eigenvalue weighted by Gasteiger charge is -2.18. The quantitative estimate of drug-likeness (QED) is 0.808. The van der Waals surface area contributed by atoms with Crippen molar-refractivity contribution in [3.05, 3.63) is 24.0 Å². The summed E-state index contributed by atoms with van der Waals surface area (Å²) in [5.74, 6) is 1.26. The van der Waals surface area contributed by atoms with Crippen molar-refractivity contribution in [2.45, 2.75) is 33.2 Å². The van der Waals surface area contributed by atoms with Gasteiger partial charge in [0.15, 0.2) is 0 Å². The van der Waals surface area contributed by atoms with Gasteiger partial charge in [0.25, 0.3) is 0 Å². The Morgan fingerprint density at radius 3 is 2.73 bits per heavy atom. The molecule has 1 aromatic heterocycles. The molecule has 0 aromatic carbocycles. The zero-order valence-corrected chi connectivity index (χ0v) is 9.73. The minimum atomic E-state index is 0.0444. The van der Waals surface area contributed by atoms with Crippen LogP contribution < -0.4 is 10.5 Å². The maximum Gasteiger partial charge on any atom is 0.137 e. The van der Waals surface area contributed by atoms with Gasteiger partial charge in [-0.2, -0.15) is 0 Å². The van der Waals surface area contributed by atoms with Crippen LogP contribution in [-0.2, 0) is 0 Å². The summed E-state index contributed by atoms with van der Waals surface area (Å²) in [6.07, 6.45) is 4.61. The minimum Gasteiger partial charge on any atom is -0.492 e. The van der Waals surface area contributed by atoms with Gasteiger partial charge in [0.2, 0.25) is 0 Å². The van der Waals surface area contributed by atoms with Crippen LogP contribution in [-0.4, -0.2) is 11.6 Å². The lowest BCUT2D eigenvalue weighted by Crippen LogP contribution is -2.18. The van der Waals surface area contributed by atoms with Crippen molar-refractivity contribution in [3.8, 4) is 5.75 Å². The second-order valence-electron chi connectivity index (χ2n) is 3.80. The Balaban J connectivity index is 2.80. The average Bonchev–Trinajstić information content (AvgIpc) is 2.28. The number of ether oxygens (including phenoxy) is 1. The van der Waals surface area contributed by atoms with Crippen LogP contribution in [0.2, 0.25) is 0 Å². The normalized spacial score (nSPS) is 14.7. The van der Waals surface area contributed by atoms with Crippen LogP contribution in [0.3, 0.4) is 0 Å². The van der Waals surface area contributed by atoms with Gasteiger partial charge in [0, 0.05) is 12.2 Å². The molecule has 0 saturated carbocycles. The highest BCUT2D eigenvalue weighted by Crippen LogP contribution is 2.23. The van der Waals surface area contributed by atoms with E-state index in [2.05, 4.69) is 18.8 Å². The molecule has 0 amide bonds. The van der Waals surface area contributed by atoms with E-state index in [1.165, 1.54) is 0 Å². The van der Waals surface area contributed by atoms with Gasteiger partial charge in [-0.1, -0.05) is 20.3 Å². The average molecular weight is 208 g/mol. The number of rotatable bonds is 5. The lowest BCUT2D eigenvalue weighted by molar-refractivity contribution is 0.337. The molecule has 0 saturated heterocycles. The van der Waals surface area contributed by atoms with Crippen molar-refractivity contribution in [1.29, 1.82) is 0 Å². The third kappa shape index (κ3) is 3.20. The van der Waals surface area contributed by atoms with E-state index in [0.717, 1.165) is 17.7 Å². The molecule has 0 aliphatic rings. The molecule has 3 heteroatoms. The molecule has 0 bridgehead atoms. The van der Waals surface area contributed by atoms with Gasteiger partial charge in [-0.3, -0.25) is 4.98 Å². The highest BCUT2D eigenvalue weighted by Gasteiger charge is 2.13. The van der Waals surface area contributed by atoms with Crippen LogP contribution in [0.1, 0.15) is 38.8 Å². The van der Waals surface area contributed by atoms with Crippen LogP contribution in [0.5, 0.6) is 5.75 Å². The fourth-order valence-electron chi connectivity index (χ4n) is 1.45. The summed E-state index contributed by atoms with van der Waals surface area (Å²) < 4.78 is 5.39. The summed E-state index contributed by atoms with van der Waals surface area (Å²) >= 11 is 0. The van der Waals surface area contributed by atoms with Crippen LogP contribution in [0.15, 0.2) is 18.5 Å². The predicted molar refractivity (Wildman–Crippen MR) is 61.8 cm³/mol. The van der Waals surface area contributed by atoms with E-state index in [1.54, 1.807) is 6.20 Å². The highest BCUT2D eigenvalue weighted by molar-refractivity contribution is 5.26. The van der Waals surface area contributed by atoms with E-state index in [-0.39, 0.29) is 6.04 Å². The summed E-state index contributed by atoms with van der Waals surface area (Å²) in [4.78, 5) is 4.14. The number of pyridine rings is 1. The van der Waals surface area contributed by atoms with Crippen LogP contribution in [0, 0.1) is 5.92 Å². The van der Waals surface area contributed by atoms with Gasteiger partial charge in [-0.25, -0.2) is 0 Å². The maximum atomic E-state index is 6.12. The topological polar surface area (TPSA) is 48.1 Å². The van der Waals surface area contributed by atoms with Crippen molar-refractivity contribution >= 4 is 0 Å². The molecule has 0 radical (unpaired) electrons. The first kappa shape index (κ1) is 12.0. The van der Waals surface area contributed by atoms with Crippen LogP contribution in [0.25, 0.3) is 0 Å². The first-order valence-corrected chi connectivity index (χ1v) is 5.52. The van der Waals surface area contributed by atoms with Crippen molar-refractivity contribution in [3.63, 3.8) is 0 Å². The van der Waals surface area contributed by atoms with Gasteiger partial charge in [0.1, 0.15) is 5.75 Å². The first-order valence-electron chi connectivity index (χ1n) is 5.52. The molecule has 2 N–H and O–H groups in total. The maximum absolute atomic E-state index is 6.12. The number of nitrogens with two attached hydrogens (primary N) is 1. The van der Waals surface area contributed by atoms with Gasteiger partial charge < -0.3 is 10.5 Å². The number of aromatic nitrogens is 1. The smallest absolute Gasteiger partial charge is 0.137 e. The third-order valence-corrected chi connectivity index (χ3v) is 2.69. The molecule has 15 heavy (non-hydrogen) atoms. The fourth-order valence-corrected chi connectivity index (χ4v) is 1.45. The van der Waals surface area contributed by atoms with Crippen LogP contribution >= 0.6 is 0 Å². The number of nitrogens with zero attached hydrogens (tertiary/aromatic N) is 1. The molecule has 1 rings (SSSR count). The first-order chi connectivity index (χ1) is 7.19. The zero-order chi connectivity index (χ0) is 11.3. The summed E-state index contributed by atoms with van der Waals surface area (Å²) in [6.45, 7) is 6.91. The van der Waals surface area contributed by atoms with Crippen molar-refractivity contribution in [2.75, 3.05) is 6.61 Å². The van der Waals surface area contributed by atoms with Crippen LogP contribution in [0.4, 0.5) is 0 Å². The van der Waals surface area contributed by atoms with Crippen molar-refractivity contribution < 1.29 is 4.74 Å². The molecule has 1 aromatic rings. The monoisotopic (exact) mass is 208 g/mol. The van der Waals surface area contributed by atoms with Gasteiger partial charge in [-0.15, -0.1) is 0 Å². The van der Waals surface area contributed by atoms with E-state index in [0.29, 0.717) is 12.5 Å². The molecule has 3 nitrogen and oxygen atoms in total. The SMILES string of the molecule is CCOc1cncc(C(N)C(C)CC)c1. The highest BCUT2D eigenvalue weighted by atomic mass is 16.5. The number of hydrogen-bond donors (Lipinski definition) is 1. The van der Waals surface area contributed by atoms with E-state index in [1.807, 2.05) is 19.2 Å². The van der Waals surface area contributed by atoms with Crippen molar-refractivity contribution in [2.24, 2.45) is 11.7 Å². The second kappa shape index (κ2) is 5.71. The fraction of sp³-hybridized carbons (Fsp3) is 0.583. The molecule has 0 fully saturated rings. The molecule has 0 spiro atoms.